The quantitative estimate of drug-likeness (QED) is 0.441. The van der Waals surface area contributed by atoms with E-state index in [2.05, 4.69) is 29.5 Å². The molecule has 7 heteroatoms. The number of carbonyl (C=O) groups is 1. The van der Waals surface area contributed by atoms with Crippen LogP contribution in [0.2, 0.25) is 0 Å². The number of benzene rings is 1. The number of thioether (sulfide) groups is 1. The first-order valence-electron chi connectivity index (χ1n) is 11.9. The van der Waals surface area contributed by atoms with Gasteiger partial charge < -0.3 is 19.1 Å². The maximum Gasteiger partial charge on any atom is 0.344 e. The molecule has 1 aliphatic carbocycles. The Labute approximate surface area is 205 Å². The molecule has 4 rings (SSSR count). The van der Waals surface area contributed by atoms with Gasteiger partial charge in [-0.1, -0.05) is 24.6 Å². The zero-order valence-electron chi connectivity index (χ0n) is 20.3. The summed E-state index contributed by atoms with van der Waals surface area (Å²) < 4.78 is 13.1. The molecule has 0 atom stereocenters. The maximum atomic E-state index is 12.7. The van der Waals surface area contributed by atoms with Gasteiger partial charge in [0.2, 0.25) is 0 Å². The molecule has 0 unspecified atom stereocenters. The average molecular weight is 481 g/mol. The van der Waals surface area contributed by atoms with Crippen molar-refractivity contribution in [3.63, 3.8) is 0 Å². The van der Waals surface area contributed by atoms with Crippen molar-refractivity contribution in [2.75, 3.05) is 13.2 Å². The number of ether oxygens (including phenoxy) is 2. The predicted octanol–water partition coefficient (Wildman–Crippen LogP) is 6.81. The summed E-state index contributed by atoms with van der Waals surface area (Å²) in [5.41, 5.74) is 4.22. The molecule has 34 heavy (non-hydrogen) atoms. The molecule has 2 heterocycles. The summed E-state index contributed by atoms with van der Waals surface area (Å²) in [7, 11) is 0. The zero-order valence-corrected chi connectivity index (χ0v) is 21.1. The normalized spacial score (nSPS) is 18.9. The van der Waals surface area contributed by atoms with Crippen molar-refractivity contribution in [2.45, 2.75) is 59.4 Å². The van der Waals surface area contributed by atoms with E-state index in [0.717, 1.165) is 11.3 Å². The molecule has 2 aromatic rings. The second-order valence-corrected chi connectivity index (χ2v) is 9.56. The summed E-state index contributed by atoms with van der Waals surface area (Å²) in [6.45, 7) is 8.74. The van der Waals surface area contributed by atoms with Gasteiger partial charge in [0.1, 0.15) is 22.1 Å². The highest BCUT2D eigenvalue weighted by molar-refractivity contribution is 8.18. The van der Waals surface area contributed by atoms with E-state index in [9.17, 15) is 9.90 Å². The molecule has 1 aromatic heterocycles. The fourth-order valence-corrected chi connectivity index (χ4v) is 5.73. The number of aliphatic imine (C=N–C) groups is 1. The summed E-state index contributed by atoms with van der Waals surface area (Å²) in [6.07, 6.45) is 6.90. The third kappa shape index (κ3) is 4.94. The Morgan fingerprint density at radius 1 is 1.18 bits per heavy atom. The highest BCUT2D eigenvalue weighted by Crippen LogP contribution is 2.41. The van der Waals surface area contributed by atoms with Crippen LogP contribution in [0.15, 0.2) is 51.6 Å². The number of hydrogen-bond acceptors (Lipinski definition) is 6. The van der Waals surface area contributed by atoms with Crippen molar-refractivity contribution in [2.24, 2.45) is 4.99 Å². The van der Waals surface area contributed by atoms with Crippen LogP contribution in [0.5, 0.6) is 5.75 Å². The lowest BCUT2D eigenvalue weighted by Gasteiger charge is -2.17. The number of aryl methyl sites for hydroxylation is 1. The molecule has 0 saturated heterocycles. The van der Waals surface area contributed by atoms with Crippen molar-refractivity contribution < 1.29 is 19.4 Å². The fourth-order valence-electron chi connectivity index (χ4n) is 4.71. The van der Waals surface area contributed by atoms with Crippen LogP contribution in [-0.4, -0.2) is 33.9 Å². The highest BCUT2D eigenvalue weighted by Gasteiger charge is 2.33. The van der Waals surface area contributed by atoms with Crippen LogP contribution in [0.3, 0.4) is 0 Å². The van der Waals surface area contributed by atoms with E-state index in [0.29, 0.717) is 28.3 Å². The van der Waals surface area contributed by atoms with Gasteiger partial charge in [0, 0.05) is 17.4 Å². The number of esters is 1. The Kier molecular flexibility index (Phi) is 7.51. The van der Waals surface area contributed by atoms with Gasteiger partial charge in [-0.25, -0.2) is 9.79 Å². The Bertz CT molecular complexity index is 1150. The lowest BCUT2D eigenvalue weighted by atomic mass is 10.1. The van der Waals surface area contributed by atoms with E-state index >= 15 is 0 Å². The van der Waals surface area contributed by atoms with Gasteiger partial charge >= 0.3 is 5.97 Å². The molecule has 1 N–H and O–H groups in total. The van der Waals surface area contributed by atoms with Gasteiger partial charge in [0.05, 0.1) is 23.8 Å². The highest BCUT2D eigenvalue weighted by atomic mass is 32.2. The van der Waals surface area contributed by atoms with Gasteiger partial charge in [-0.15, -0.1) is 0 Å². The molecule has 0 amide bonds. The minimum absolute atomic E-state index is 0.0844. The third-order valence-electron chi connectivity index (χ3n) is 6.25. The van der Waals surface area contributed by atoms with Crippen LogP contribution >= 0.6 is 11.8 Å². The number of carbonyl (C=O) groups excluding carboxylic acids is 1. The lowest BCUT2D eigenvalue weighted by Crippen LogP contribution is -2.12. The molecule has 1 saturated carbocycles. The van der Waals surface area contributed by atoms with Crippen LogP contribution in [0.1, 0.15) is 62.5 Å². The van der Waals surface area contributed by atoms with Crippen LogP contribution < -0.4 is 4.74 Å². The van der Waals surface area contributed by atoms with E-state index in [4.69, 9.17) is 9.47 Å². The topological polar surface area (TPSA) is 73.0 Å². The molecule has 180 valence electrons. The van der Waals surface area contributed by atoms with Crippen LogP contribution in [0, 0.1) is 13.8 Å². The molecule has 0 bridgehead atoms. The van der Waals surface area contributed by atoms with Gasteiger partial charge in [0.15, 0.2) is 0 Å². The van der Waals surface area contributed by atoms with E-state index in [-0.39, 0.29) is 17.9 Å². The van der Waals surface area contributed by atoms with Crippen LogP contribution in [-0.2, 0) is 9.53 Å². The maximum absolute atomic E-state index is 12.7. The van der Waals surface area contributed by atoms with E-state index in [1.165, 1.54) is 48.8 Å². The minimum atomic E-state index is -0.572. The molecular weight excluding hydrogens is 448 g/mol. The zero-order chi connectivity index (χ0) is 24.2. The monoisotopic (exact) mass is 480 g/mol. The molecule has 1 fully saturated rings. The summed E-state index contributed by atoms with van der Waals surface area (Å²) in [5.74, 6) is 0.101. The largest absolute Gasteiger partial charge is 0.506 e. The van der Waals surface area contributed by atoms with Crippen molar-refractivity contribution in [1.82, 2.24) is 4.57 Å². The average Bonchev–Trinajstić information content (AvgIpc) is 3.50. The van der Waals surface area contributed by atoms with Crippen molar-refractivity contribution in [3.8, 4) is 5.75 Å². The molecule has 1 aromatic carbocycles. The first-order chi connectivity index (χ1) is 16.4. The Morgan fingerprint density at radius 3 is 2.53 bits per heavy atom. The molecule has 0 radical (unpaired) electrons. The molecule has 1 aliphatic heterocycles. The molecular formula is C27H32N2O4S. The summed E-state index contributed by atoms with van der Waals surface area (Å²) in [5, 5.41) is 11.5. The van der Waals surface area contributed by atoms with Gasteiger partial charge in [0.25, 0.3) is 0 Å². The number of aromatic nitrogens is 1. The van der Waals surface area contributed by atoms with Crippen molar-refractivity contribution >= 4 is 34.5 Å². The van der Waals surface area contributed by atoms with E-state index < -0.39 is 5.97 Å². The second-order valence-electron chi connectivity index (χ2n) is 8.53. The first kappa shape index (κ1) is 24.2. The second kappa shape index (κ2) is 10.6. The minimum Gasteiger partial charge on any atom is -0.506 e. The predicted molar refractivity (Wildman–Crippen MR) is 138 cm³/mol. The molecule has 2 aliphatic rings. The number of aliphatic hydroxyl groups is 1. The van der Waals surface area contributed by atoms with Crippen molar-refractivity contribution in [1.29, 1.82) is 0 Å². The Balaban J connectivity index is 1.70. The van der Waals surface area contributed by atoms with Gasteiger partial charge in [-0.05, 0) is 82.5 Å². The molecule has 0 spiro atoms. The lowest BCUT2D eigenvalue weighted by molar-refractivity contribution is -0.138. The SMILES string of the molecule is CCOC(=O)C1=C(O)/C(=C/c2cc(C)n(C3CCCC3)c2C)SC1=Nc1ccc(OCC)cc1. The Hall–Kier alpha value is -2.93. The Morgan fingerprint density at radius 2 is 1.88 bits per heavy atom. The van der Waals surface area contributed by atoms with E-state index in [1.807, 2.05) is 37.3 Å². The summed E-state index contributed by atoms with van der Waals surface area (Å²) in [4.78, 5) is 18.0. The van der Waals surface area contributed by atoms with E-state index in [1.54, 1.807) is 6.92 Å². The number of hydrogen-bond donors (Lipinski definition) is 1. The number of nitrogens with zero attached hydrogens (tertiary/aromatic N) is 2. The third-order valence-corrected chi connectivity index (χ3v) is 7.27. The first-order valence-corrected chi connectivity index (χ1v) is 12.7. The van der Waals surface area contributed by atoms with Crippen LogP contribution in [0.4, 0.5) is 5.69 Å². The summed E-state index contributed by atoms with van der Waals surface area (Å²) in [6, 6.07) is 10.0. The summed E-state index contributed by atoms with van der Waals surface area (Å²) >= 11 is 1.29. The van der Waals surface area contributed by atoms with Gasteiger partial charge in [-0.3, -0.25) is 0 Å². The van der Waals surface area contributed by atoms with Gasteiger partial charge in [-0.2, -0.15) is 0 Å². The standard InChI is InChI=1S/C27H32N2O4S/c1-5-32-22-13-11-20(12-14-22)28-26-24(27(31)33-6-2)25(30)23(34-26)16-19-15-17(3)29(18(19)4)21-9-7-8-10-21/h11-16,21,30H,5-10H2,1-4H3/b23-16-,28-26?. The number of aliphatic hydroxyl groups excluding tert-OH is 1. The fraction of sp³-hybridized carbons (Fsp3) is 0.407. The molecule has 6 nitrogen and oxygen atoms in total. The smallest absolute Gasteiger partial charge is 0.344 e. The van der Waals surface area contributed by atoms with Crippen LogP contribution in [0.25, 0.3) is 6.08 Å². The number of rotatable bonds is 7. The van der Waals surface area contributed by atoms with Crippen molar-refractivity contribution in [3.05, 3.63) is 63.5 Å².